The maximum atomic E-state index is 12.6. The second-order valence-corrected chi connectivity index (χ2v) is 7.42. The molecule has 2 aromatic carbocycles. The van der Waals surface area contributed by atoms with Gasteiger partial charge < -0.3 is 15.0 Å². The summed E-state index contributed by atoms with van der Waals surface area (Å²) in [5, 5.41) is 3.56. The van der Waals surface area contributed by atoms with Gasteiger partial charge in [0.25, 0.3) is 0 Å². The van der Waals surface area contributed by atoms with Gasteiger partial charge in [-0.2, -0.15) is 0 Å². The minimum Gasteiger partial charge on any atom is -0.495 e. The number of thiazole rings is 1. The van der Waals surface area contributed by atoms with Crippen LogP contribution in [0.15, 0.2) is 54.6 Å². The Labute approximate surface area is 173 Å². The third-order valence-electron chi connectivity index (χ3n) is 4.20. The van der Waals surface area contributed by atoms with Gasteiger partial charge in [0, 0.05) is 12.6 Å². The molecule has 0 spiro atoms. The Morgan fingerprint density at radius 1 is 1.17 bits per heavy atom. The maximum absolute atomic E-state index is 12.6. The van der Waals surface area contributed by atoms with Crippen LogP contribution in [0.1, 0.15) is 18.4 Å². The van der Waals surface area contributed by atoms with Gasteiger partial charge in [0.2, 0.25) is 11.8 Å². The van der Waals surface area contributed by atoms with Crippen molar-refractivity contribution in [2.45, 2.75) is 13.3 Å². The number of benzene rings is 2. The summed E-state index contributed by atoms with van der Waals surface area (Å²) in [6.07, 6.45) is 3.93. The number of carbonyl (C=O) groups excluding carboxylic acids is 2. The number of para-hydroxylation sites is 3. The SMILES string of the molecule is CCCN(CC(=O)Nc1ccccc1OC)C(=O)C=Cc1nc2ccccc2s1. The van der Waals surface area contributed by atoms with Gasteiger partial charge in [0.05, 0.1) is 23.0 Å². The lowest BCUT2D eigenvalue weighted by molar-refractivity contribution is -0.130. The molecule has 0 bridgehead atoms. The van der Waals surface area contributed by atoms with Crippen LogP contribution in [0.2, 0.25) is 0 Å². The van der Waals surface area contributed by atoms with Gasteiger partial charge in [-0.3, -0.25) is 9.59 Å². The topological polar surface area (TPSA) is 71.5 Å². The summed E-state index contributed by atoms with van der Waals surface area (Å²) >= 11 is 1.52. The molecule has 1 aromatic heterocycles. The van der Waals surface area contributed by atoms with Crippen LogP contribution in [0.5, 0.6) is 5.75 Å². The van der Waals surface area contributed by atoms with Crippen molar-refractivity contribution in [1.29, 1.82) is 0 Å². The number of amides is 2. The summed E-state index contributed by atoms with van der Waals surface area (Å²) in [6, 6.07) is 15.0. The van der Waals surface area contributed by atoms with Gasteiger partial charge in [-0.1, -0.05) is 31.2 Å². The Balaban J connectivity index is 1.66. The largest absolute Gasteiger partial charge is 0.495 e. The summed E-state index contributed by atoms with van der Waals surface area (Å²) in [7, 11) is 1.55. The quantitative estimate of drug-likeness (QED) is 0.566. The van der Waals surface area contributed by atoms with E-state index in [4.69, 9.17) is 4.74 Å². The number of methoxy groups -OCH3 is 1. The smallest absolute Gasteiger partial charge is 0.247 e. The molecular weight excluding hydrogens is 386 g/mol. The fourth-order valence-corrected chi connectivity index (χ4v) is 3.73. The van der Waals surface area contributed by atoms with Crippen molar-refractivity contribution in [2.75, 3.05) is 25.5 Å². The van der Waals surface area contributed by atoms with Gasteiger partial charge >= 0.3 is 0 Å². The Hall–Kier alpha value is -3.19. The molecule has 0 unspecified atom stereocenters. The molecule has 1 N–H and O–H groups in total. The second kappa shape index (κ2) is 9.84. The molecule has 0 atom stereocenters. The highest BCUT2D eigenvalue weighted by Gasteiger charge is 2.16. The van der Waals surface area contributed by atoms with E-state index in [-0.39, 0.29) is 18.4 Å². The zero-order valence-electron chi connectivity index (χ0n) is 16.4. The zero-order chi connectivity index (χ0) is 20.6. The van der Waals surface area contributed by atoms with Gasteiger partial charge in [-0.15, -0.1) is 11.3 Å². The molecule has 3 aromatic rings. The molecule has 6 nitrogen and oxygen atoms in total. The van der Waals surface area contributed by atoms with Crippen molar-refractivity contribution in [3.63, 3.8) is 0 Å². The normalized spacial score (nSPS) is 11.0. The number of fused-ring (bicyclic) bond motifs is 1. The monoisotopic (exact) mass is 409 g/mol. The van der Waals surface area contributed by atoms with Crippen LogP contribution < -0.4 is 10.1 Å². The number of hydrogen-bond acceptors (Lipinski definition) is 5. The predicted molar refractivity (Wildman–Crippen MR) is 117 cm³/mol. The molecular formula is C22H23N3O3S. The fourth-order valence-electron chi connectivity index (χ4n) is 2.86. The number of hydrogen-bond donors (Lipinski definition) is 1. The van der Waals surface area contributed by atoms with Crippen LogP contribution >= 0.6 is 11.3 Å². The van der Waals surface area contributed by atoms with Crippen LogP contribution in [0.4, 0.5) is 5.69 Å². The Morgan fingerprint density at radius 3 is 2.69 bits per heavy atom. The highest BCUT2D eigenvalue weighted by molar-refractivity contribution is 7.19. The van der Waals surface area contributed by atoms with Crippen LogP contribution in [-0.2, 0) is 9.59 Å². The van der Waals surface area contributed by atoms with E-state index in [9.17, 15) is 9.59 Å². The Kier molecular flexibility index (Phi) is 6.97. The van der Waals surface area contributed by atoms with E-state index in [2.05, 4.69) is 10.3 Å². The number of ether oxygens (including phenoxy) is 1. The number of rotatable bonds is 8. The number of anilines is 1. The average molecular weight is 410 g/mol. The van der Waals surface area contributed by atoms with Gasteiger partial charge in [0.15, 0.2) is 0 Å². The van der Waals surface area contributed by atoms with Gasteiger partial charge in [-0.05, 0) is 36.8 Å². The fraction of sp³-hybridized carbons (Fsp3) is 0.227. The highest BCUT2D eigenvalue weighted by atomic mass is 32.1. The second-order valence-electron chi connectivity index (χ2n) is 6.36. The molecule has 0 aliphatic heterocycles. The van der Waals surface area contributed by atoms with Crippen LogP contribution in [0, 0.1) is 0 Å². The van der Waals surface area contributed by atoms with Crippen LogP contribution in [0.3, 0.4) is 0 Å². The zero-order valence-corrected chi connectivity index (χ0v) is 17.2. The van der Waals surface area contributed by atoms with E-state index in [1.54, 1.807) is 25.3 Å². The maximum Gasteiger partial charge on any atom is 0.247 e. The average Bonchev–Trinajstić information content (AvgIpc) is 3.15. The summed E-state index contributed by atoms with van der Waals surface area (Å²) in [5.41, 5.74) is 1.49. The predicted octanol–water partition coefficient (Wildman–Crippen LogP) is 4.20. The number of carbonyl (C=O) groups is 2. The van der Waals surface area contributed by atoms with Gasteiger partial charge in [-0.25, -0.2) is 4.98 Å². The van der Waals surface area contributed by atoms with Crippen LogP contribution in [0.25, 0.3) is 16.3 Å². The molecule has 7 heteroatoms. The number of nitrogens with zero attached hydrogens (tertiary/aromatic N) is 2. The first-order chi connectivity index (χ1) is 14.1. The molecule has 1 heterocycles. The lowest BCUT2D eigenvalue weighted by Crippen LogP contribution is -2.37. The van der Waals surface area contributed by atoms with Crippen molar-refractivity contribution >= 4 is 45.1 Å². The minimum atomic E-state index is -0.273. The molecule has 0 saturated heterocycles. The lowest BCUT2D eigenvalue weighted by Gasteiger charge is -2.20. The van der Waals surface area contributed by atoms with Crippen molar-refractivity contribution in [1.82, 2.24) is 9.88 Å². The highest BCUT2D eigenvalue weighted by Crippen LogP contribution is 2.23. The van der Waals surface area contributed by atoms with E-state index in [1.807, 2.05) is 43.3 Å². The van der Waals surface area contributed by atoms with E-state index in [0.29, 0.717) is 18.0 Å². The number of nitrogens with one attached hydrogen (secondary N) is 1. The first-order valence-corrected chi connectivity index (χ1v) is 10.2. The van der Waals surface area contributed by atoms with E-state index < -0.39 is 0 Å². The molecule has 0 aliphatic carbocycles. The Morgan fingerprint density at radius 2 is 1.93 bits per heavy atom. The molecule has 29 heavy (non-hydrogen) atoms. The molecule has 0 radical (unpaired) electrons. The first kappa shape index (κ1) is 20.5. The molecule has 3 rings (SSSR count). The molecule has 150 valence electrons. The Bertz CT molecular complexity index is 996. The standard InChI is InChI=1S/C22H23N3O3S/c1-3-14-25(15-20(26)23-16-8-4-6-10-18(16)28-2)22(27)13-12-21-24-17-9-5-7-11-19(17)29-21/h4-13H,3,14-15H2,1-2H3,(H,23,26). The molecule has 0 fully saturated rings. The van der Waals surface area contributed by atoms with Crippen molar-refractivity contribution in [3.05, 3.63) is 59.6 Å². The minimum absolute atomic E-state index is 0.0328. The van der Waals surface area contributed by atoms with Crippen LogP contribution in [-0.4, -0.2) is 41.9 Å². The van der Waals surface area contributed by atoms with E-state index >= 15 is 0 Å². The summed E-state index contributed by atoms with van der Waals surface area (Å²) < 4.78 is 6.32. The van der Waals surface area contributed by atoms with Crippen molar-refractivity contribution < 1.29 is 14.3 Å². The summed E-state index contributed by atoms with van der Waals surface area (Å²) in [4.78, 5) is 31.1. The summed E-state index contributed by atoms with van der Waals surface area (Å²) in [5.74, 6) is 0.0796. The van der Waals surface area contributed by atoms with E-state index in [1.165, 1.54) is 22.3 Å². The van der Waals surface area contributed by atoms with Crippen molar-refractivity contribution in [3.8, 4) is 5.75 Å². The lowest BCUT2D eigenvalue weighted by atomic mass is 10.3. The molecule has 2 amide bonds. The first-order valence-electron chi connectivity index (χ1n) is 9.36. The number of aromatic nitrogens is 1. The van der Waals surface area contributed by atoms with Crippen molar-refractivity contribution in [2.24, 2.45) is 0 Å². The molecule has 0 saturated carbocycles. The molecule has 0 aliphatic rings. The third kappa shape index (κ3) is 5.42. The summed E-state index contributed by atoms with van der Waals surface area (Å²) in [6.45, 7) is 2.42. The third-order valence-corrected chi connectivity index (χ3v) is 5.20. The van der Waals surface area contributed by atoms with Gasteiger partial charge in [0.1, 0.15) is 17.3 Å². The van der Waals surface area contributed by atoms with E-state index in [0.717, 1.165) is 21.6 Å².